The summed E-state index contributed by atoms with van der Waals surface area (Å²) in [5.74, 6) is -0.0458. The molecule has 4 nitrogen and oxygen atoms in total. The molecule has 2 N–H and O–H groups in total. The van der Waals surface area contributed by atoms with Gasteiger partial charge in [0.25, 0.3) is 0 Å². The standard InChI is InChI=1S/C14H22O4/c1-17-13(18-2)10-5-3-4-7-11-8-6-9-12(15)14(11)16/h6,8-9,13,15-16H,3-5,7,10H2,1-2H3. The molecule has 4 heteroatoms. The maximum atomic E-state index is 9.63. The van der Waals surface area contributed by atoms with Gasteiger partial charge in [-0.3, -0.25) is 0 Å². The van der Waals surface area contributed by atoms with Crippen molar-refractivity contribution in [3.05, 3.63) is 23.8 Å². The largest absolute Gasteiger partial charge is 0.504 e. The maximum Gasteiger partial charge on any atom is 0.160 e. The van der Waals surface area contributed by atoms with Gasteiger partial charge in [0.2, 0.25) is 0 Å². The van der Waals surface area contributed by atoms with Gasteiger partial charge in [0.05, 0.1) is 0 Å². The molecular formula is C14H22O4. The van der Waals surface area contributed by atoms with Gasteiger partial charge < -0.3 is 19.7 Å². The Morgan fingerprint density at radius 2 is 1.78 bits per heavy atom. The van der Waals surface area contributed by atoms with Crippen molar-refractivity contribution in [2.24, 2.45) is 0 Å². The third-order valence-electron chi connectivity index (χ3n) is 3.01. The fourth-order valence-corrected chi connectivity index (χ4v) is 1.91. The molecule has 0 saturated heterocycles. The molecule has 1 aromatic carbocycles. The van der Waals surface area contributed by atoms with Crippen molar-refractivity contribution >= 4 is 0 Å². The highest BCUT2D eigenvalue weighted by Crippen LogP contribution is 2.29. The molecule has 1 rings (SSSR count). The summed E-state index contributed by atoms with van der Waals surface area (Å²) in [5, 5.41) is 19.0. The van der Waals surface area contributed by atoms with E-state index in [9.17, 15) is 10.2 Å². The Bertz CT molecular complexity index is 348. The molecule has 0 aromatic heterocycles. The van der Waals surface area contributed by atoms with Crippen LogP contribution in [0.25, 0.3) is 0 Å². The van der Waals surface area contributed by atoms with Crippen LogP contribution in [0.4, 0.5) is 0 Å². The molecule has 0 radical (unpaired) electrons. The molecule has 0 unspecified atom stereocenters. The molecule has 0 saturated carbocycles. The molecule has 18 heavy (non-hydrogen) atoms. The summed E-state index contributed by atoms with van der Waals surface area (Å²) in [6.07, 6.45) is 4.55. The molecular weight excluding hydrogens is 232 g/mol. The Morgan fingerprint density at radius 1 is 1.06 bits per heavy atom. The zero-order valence-corrected chi connectivity index (χ0v) is 11.1. The number of phenolic OH excluding ortho intramolecular Hbond substituents is 2. The van der Waals surface area contributed by atoms with Crippen molar-refractivity contribution in [3.8, 4) is 11.5 Å². The smallest absolute Gasteiger partial charge is 0.160 e. The van der Waals surface area contributed by atoms with Gasteiger partial charge in [-0.15, -0.1) is 0 Å². The lowest BCUT2D eigenvalue weighted by Gasteiger charge is -2.12. The first-order valence-electron chi connectivity index (χ1n) is 6.24. The van der Waals surface area contributed by atoms with E-state index in [-0.39, 0.29) is 17.8 Å². The normalized spacial score (nSPS) is 11.1. The highest BCUT2D eigenvalue weighted by atomic mass is 16.7. The second-order valence-corrected chi connectivity index (χ2v) is 4.29. The number of phenols is 2. The first-order chi connectivity index (χ1) is 8.69. The predicted octanol–water partition coefficient (Wildman–Crippen LogP) is 2.82. The fourth-order valence-electron chi connectivity index (χ4n) is 1.91. The van der Waals surface area contributed by atoms with Crippen molar-refractivity contribution in [2.75, 3.05) is 14.2 Å². The number of hydrogen-bond acceptors (Lipinski definition) is 4. The van der Waals surface area contributed by atoms with E-state index in [1.165, 1.54) is 6.07 Å². The maximum absolute atomic E-state index is 9.63. The Hall–Kier alpha value is -1.26. The Labute approximate surface area is 108 Å². The zero-order valence-electron chi connectivity index (χ0n) is 11.1. The number of hydrogen-bond donors (Lipinski definition) is 2. The summed E-state index contributed by atoms with van der Waals surface area (Å²) in [6, 6.07) is 5.07. The van der Waals surface area contributed by atoms with E-state index < -0.39 is 0 Å². The number of unbranched alkanes of at least 4 members (excludes halogenated alkanes) is 2. The first-order valence-corrected chi connectivity index (χ1v) is 6.24. The lowest BCUT2D eigenvalue weighted by Crippen LogP contribution is -2.12. The van der Waals surface area contributed by atoms with Crippen molar-refractivity contribution in [1.29, 1.82) is 0 Å². The van der Waals surface area contributed by atoms with Gasteiger partial charge in [0.1, 0.15) is 0 Å². The van der Waals surface area contributed by atoms with Crippen molar-refractivity contribution in [1.82, 2.24) is 0 Å². The van der Waals surface area contributed by atoms with Gasteiger partial charge in [0.15, 0.2) is 17.8 Å². The number of methoxy groups -OCH3 is 2. The topological polar surface area (TPSA) is 58.9 Å². The molecule has 0 fully saturated rings. The molecule has 0 atom stereocenters. The Morgan fingerprint density at radius 3 is 2.44 bits per heavy atom. The summed E-state index contributed by atoms with van der Waals surface area (Å²) < 4.78 is 10.2. The average molecular weight is 254 g/mol. The summed E-state index contributed by atoms with van der Waals surface area (Å²) in [7, 11) is 3.28. The van der Waals surface area contributed by atoms with Crippen LogP contribution in [0.15, 0.2) is 18.2 Å². The molecule has 0 aliphatic rings. The lowest BCUT2D eigenvalue weighted by atomic mass is 10.0. The van der Waals surface area contributed by atoms with Crippen LogP contribution < -0.4 is 0 Å². The molecule has 0 spiro atoms. The van der Waals surface area contributed by atoms with Crippen molar-refractivity contribution < 1.29 is 19.7 Å². The quantitative estimate of drug-likeness (QED) is 0.425. The van der Waals surface area contributed by atoms with E-state index in [1.54, 1.807) is 20.3 Å². The van der Waals surface area contributed by atoms with E-state index in [0.29, 0.717) is 0 Å². The molecule has 0 bridgehead atoms. The number of ether oxygens (including phenoxy) is 2. The van der Waals surface area contributed by atoms with E-state index in [0.717, 1.165) is 37.7 Å². The van der Waals surface area contributed by atoms with E-state index >= 15 is 0 Å². The zero-order chi connectivity index (χ0) is 13.4. The minimum absolute atomic E-state index is 0.00385. The molecule has 0 heterocycles. The van der Waals surface area contributed by atoms with Crippen LogP contribution in [0, 0.1) is 0 Å². The van der Waals surface area contributed by atoms with Crippen LogP contribution >= 0.6 is 0 Å². The van der Waals surface area contributed by atoms with Crippen molar-refractivity contribution in [3.63, 3.8) is 0 Å². The van der Waals surface area contributed by atoms with Gasteiger partial charge in [-0.2, -0.15) is 0 Å². The van der Waals surface area contributed by atoms with Crippen LogP contribution in [-0.4, -0.2) is 30.7 Å². The van der Waals surface area contributed by atoms with Gasteiger partial charge in [-0.05, 0) is 37.3 Å². The van der Waals surface area contributed by atoms with Gasteiger partial charge in [-0.1, -0.05) is 18.6 Å². The van der Waals surface area contributed by atoms with Gasteiger partial charge in [0, 0.05) is 14.2 Å². The average Bonchev–Trinajstić information content (AvgIpc) is 2.38. The third kappa shape index (κ3) is 4.55. The lowest BCUT2D eigenvalue weighted by molar-refractivity contribution is -0.107. The van der Waals surface area contributed by atoms with Crippen LogP contribution in [0.5, 0.6) is 11.5 Å². The SMILES string of the molecule is COC(CCCCCc1cccc(O)c1O)OC. The molecule has 0 aliphatic heterocycles. The second-order valence-electron chi connectivity index (χ2n) is 4.29. The number of rotatable bonds is 8. The number of benzene rings is 1. The molecule has 102 valence electrons. The predicted molar refractivity (Wildman–Crippen MR) is 69.7 cm³/mol. The first kappa shape index (κ1) is 14.8. The van der Waals surface area contributed by atoms with E-state index in [1.807, 2.05) is 6.07 Å². The monoisotopic (exact) mass is 254 g/mol. The van der Waals surface area contributed by atoms with Crippen LogP contribution in [0.3, 0.4) is 0 Å². The number of para-hydroxylation sites is 1. The minimum atomic E-state index is -0.126. The number of aromatic hydroxyl groups is 2. The molecule has 0 aliphatic carbocycles. The Kier molecular flexibility index (Phi) is 6.54. The van der Waals surface area contributed by atoms with Gasteiger partial charge in [-0.25, -0.2) is 0 Å². The van der Waals surface area contributed by atoms with Crippen LogP contribution in [0.1, 0.15) is 31.2 Å². The van der Waals surface area contributed by atoms with Crippen molar-refractivity contribution in [2.45, 2.75) is 38.4 Å². The van der Waals surface area contributed by atoms with E-state index in [4.69, 9.17) is 9.47 Å². The third-order valence-corrected chi connectivity index (χ3v) is 3.01. The summed E-state index contributed by atoms with van der Waals surface area (Å²) in [4.78, 5) is 0. The number of aryl methyl sites for hydroxylation is 1. The van der Waals surface area contributed by atoms with Crippen LogP contribution in [0.2, 0.25) is 0 Å². The molecule has 1 aromatic rings. The highest BCUT2D eigenvalue weighted by Gasteiger charge is 2.06. The molecule has 0 amide bonds. The highest BCUT2D eigenvalue weighted by molar-refractivity contribution is 5.44. The summed E-state index contributed by atoms with van der Waals surface area (Å²) in [6.45, 7) is 0. The van der Waals surface area contributed by atoms with E-state index in [2.05, 4.69) is 0 Å². The minimum Gasteiger partial charge on any atom is -0.504 e. The summed E-state index contributed by atoms with van der Waals surface area (Å²) >= 11 is 0. The second kappa shape index (κ2) is 7.95. The van der Waals surface area contributed by atoms with Crippen LogP contribution in [-0.2, 0) is 15.9 Å². The Balaban J connectivity index is 2.24. The van der Waals surface area contributed by atoms with Gasteiger partial charge >= 0.3 is 0 Å². The summed E-state index contributed by atoms with van der Waals surface area (Å²) in [5.41, 5.74) is 0.796. The fraction of sp³-hybridized carbons (Fsp3) is 0.571.